The van der Waals surface area contributed by atoms with Crippen LogP contribution in [-0.2, 0) is 0 Å². The first kappa shape index (κ1) is 13.7. The summed E-state index contributed by atoms with van der Waals surface area (Å²) in [6.07, 6.45) is 4.87. The molecule has 2 unspecified atom stereocenters. The maximum atomic E-state index is 6.44. The summed E-state index contributed by atoms with van der Waals surface area (Å²) >= 11 is 0. The summed E-state index contributed by atoms with van der Waals surface area (Å²) in [5.41, 5.74) is 7.62. The Labute approximate surface area is 120 Å². The van der Waals surface area contributed by atoms with Crippen LogP contribution in [0.15, 0.2) is 18.2 Å². The molecule has 2 aliphatic rings. The van der Waals surface area contributed by atoms with Gasteiger partial charge in [-0.2, -0.15) is 0 Å². The molecule has 1 aliphatic heterocycles. The number of benzene rings is 1. The summed E-state index contributed by atoms with van der Waals surface area (Å²) < 4.78 is 10.9. The highest BCUT2D eigenvalue weighted by atomic mass is 16.5. The van der Waals surface area contributed by atoms with E-state index in [1.807, 2.05) is 12.1 Å². The third kappa shape index (κ3) is 2.50. The molecule has 0 amide bonds. The fourth-order valence-corrected chi connectivity index (χ4v) is 3.35. The van der Waals surface area contributed by atoms with Gasteiger partial charge in [0.2, 0.25) is 0 Å². The Balaban J connectivity index is 1.98. The zero-order valence-corrected chi connectivity index (χ0v) is 12.3. The number of hydrogen-bond acceptors (Lipinski definition) is 4. The van der Waals surface area contributed by atoms with Gasteiger partial charge >= 0.3 is 0 Å². The van der Waals surface area contributed by atoms with E-state index in [9.17, 15) is 0 Å². The van der Waals surface area contributed by atoms with Crippen LogP contribution >= 0.6 is 0 Å². The molecule has 1 saturated carbocycles. The van der Waals surface area contributed by atoms with E-state index in [1.165, 1.54) is 24.8 Å². The molecule has 20 heavy (non-hydrogen) atoms. The molecule has 1 aromatic rings. The largest absolute Gasteiger partial charge is 0.497 e. The lowest BCUT2D eigenvalue weighted by molar-refractivity contribution is 0.117. The average molecular weight is 276 g/mol. The number of piperidine rings is 1. The maximum Gasteiger partial charge on any atom is 0.123 e. The van der Waals surface area contributed by atoms with Crippen LogP contribution in [0, 0.1) is 0 Å². The minimum atomic E-state index is 0.172. The van der Waals surface area contributed by atoms with E-state index in [-0.39, 0.29) is 12.1 Å². The van der Waals surface area contributed by atoms with Crippen molar-refractivity contribution >= 4 is 0 Å². The van der Waals surface area contributed by atoms with Crippen molar-refractivity contribution in [3.8, 4) is 11.5 Å². The lowest BCUT2D eigenvalue weighted by atomic mass is 9.90. The first-order valence-corrected chi connectivity index (χ1v) is 7.48. The van der Waals surface area contributed by atoms with Crippen molar-refractivity contribution in [1.82, 2.24) is 4.90 Å². The molecule has 0 spiro atoms. The van der Waals surface area contributed by atoms with Gasteiger partial charge in [-0.1, -0.05) is 0 Å². The smallest absolute Gasteiger partial charge is 0.123 e. The molecule has 3 rings (SSSR count). The van der Waals surface area contributed by atoms with Crippen LogP contribution < -0.4 is 15.2 Å². The van der Waals surface area contributed by atoms with Crippen LogP contribution in [0.5, 0.6) is 11.5 Å². The van der Waals surface area contributed by atoms with E-state index in [1.54, 1.807) is 14.2 Å². The Hall–Kier alpha value is -1.26. The molecular formula is C16H24N2O2. The summed E-state index contributed by atoms with van der Waals surface area (Å²) in [5.74, 6) is 1.79. The average Bonchev–Trinajstić information content (AvgIpc) is 3.31. The lowest BCUT2D eigenvalue weighted by Crippen LogP contribution is -2.46. The number of hydrogen-bond donors (Lipinski definition) is 1. The molecule has 4 heteroatoms. The van der Waals surface area contributed by atoms with Crippen molar-refractivity contribution in [2.45, 2.75) is 43.8 Å². The first-order chi connectivity index (χ1) is 9.74. The van der Waals surface area contributed by atoms with Crippen LogP contribution in [-0.4, -0.2) is 37.7 Å². The SMILES string of the molecule is COc1ccc(OC)c(C2C(N)CCCN2C2CC2)c1. The predicted octanol–water partition coefficient (Wildman–Crippen LogP) is 2.33. The fourth-order valence-electron chi connectivity index (χ4n) is 3.35. The molecule has 4 nitrogen and oxygen atoms in total. The number of rotatable bonds is 4. The van der Waals surface area contributed by atoms with Crippen molar-refractivity contribution < 1.29 is 9.47 Å². The highest BCUT2D eigenvalue weighted by Gasteiger charge is 2.40. The molecule has 0 bridgehead atoms. The zero-order valence-electron chi connectivity index (χ0n) is 12.3. The van der Waals surface area contributed by atoms with Crippen molar-refractivity contribution in [3.05, 3.63) is 23.8 Å². The fraction of sp³-hybridized carbons (Fsp3) is 0.625. The van der Waals surface area contributed by atoms with Crippen molar-refractivity contribution in [1.29, 1.82) is 0 Å². The van der Waals surface area contributed by atoms with Crippen LogP contribution in [0.1, 0.15) is 37.3 Å². The molecule has 2 N–H and O–H groups in total. The van der Waals surface area contributed by atoms with Crippen molar-refractivity contribution in [2.24, 2.45) is 5.73 Å². The summed E-state index contributed by atoms with van der Waals surface area (Å²) in [4.78, 5) is 2.57. The topological polar surface area (TPSA) is 47.7 Å². The molecule has 2 atom stereocenters. The van der Waals surface area contributed by atoms with E-state index in [2.05, 4.69) is 11.0 Å². The van der Waals surface area contributed by atoms with Gasteiger partial charge in [0.25, 0.3) is 0 Å². The summed E-state index contributed by atoms with van der Waals surface area (Å²) in [5, 5.41) is 0. The highest BCUT2D eigenvalue weighted by molar-refractivity contribution is 5.43. The maximum absolute atomic E-state index is 6.44. The quantitative estimate of drug-likeness (QED) is 0.917. The van der Waals surface area contributed by atoms with Crippen LogP contribution in [0.4, 0.5) is 0 Å². The Morgan fingerprint density at radius 1 is 1.15 bits per heavy atom. The predicted molar refractivity (Wildman–Crippen MR) is 79.2 cm³/mol. The molecule has 1 heterocycles. The Morgan fingerprint density at radius 2 is 1.95 bits per heavy atom. The number of nitrogens with zero attached hydrogens (tertiary/aromatic N) is 1. The summed E-state index contributed by atoms with van der Waals surface area (Å²) in [7, 11) is 3.42. The second kappa shape index (κ2) is 5.62. The molecule has 110 valence electrons. The van der Waals surface area contributed by atoms with Crippen molar-refractivity contribution in [2.75, 3.05) is 20.8 Å². The van der Waals surface area contributed by atoms with Crippen LogP contribution in [0.2, 0.25) is 0 Å². The third-order valence-corrected chi connectivity index (χ3v) is 4.49. The molecule has 1 aliphatic carbocycles. The molecule has 0 radical (unpaired) electrons. The van der Waals surface area contributed by atoms with Crippen molar-refractivity contribution in [3.63, 3.8) is 0 Å². The van der Waals surface area contributed by atoms with E-state index in [0.717, 1.165) is 24.5 Å². The van der Waals surface area contributed by atoms with Gasteiger partial charge in [-0.05, 0) is 50.4 Å². The number of nitrogens with two attached hydrogens (primary N) is 1. The van der Waals surface area contributed by atoms with Gasteiger partial charge in [0.15, 0.2) is 0 Å². The van der Waals surface area contributed by atoms with E-state index in [0.29, 0.717) is 6.04 Å². The zero-order chi connectivity index (χ0) is 14.1. The third-order valence-electron chi connectivity index (χ3n) is 4.49. The molecule has 1 saturated heterocycles. The Kier molecular flexibility index (Phi) is 3.85. The summed E-state index contributed by atoms with van der Waals surface area (Å²) in [6, 6.07) is 7.15. The van der Waals surface area contributed by atoms with Gasteiger partial charge in [-0.15, -0.1) is 0 Å². The van der Waals surface area contributed by atoms with E-state index in [4.69, 9.17) is 15.2 Å². The van der Waals surface area contributed by atoms with Gasteiger partial charge in [0.1, 0.15) is 11.5 Å². The van der Waals surface area contributed by atoms with Gasteiger partial charge in [0, 0.05) is 17.6 Å². The molecule has 0 aromatic heterocycles. The first-order valence-electron chi connectivity index (χ1n) is 7.48. The lowest BCUT2D eigenvalue weighted by Gasteiger charge is -2.40. The second-order valence-corrected chi connectivity index (χ2v) is 5.83. The van der Waals surface area contributed by atoms with Gasteiger partial charge in [-0.25, -0.2) is 0 Å². The van der Waals surface area contributed by atoms with Crippen LogP contribution in [0.3, 0.4) is 0 Å². The standard InChI is InChI=1S/C16H24N2O2/c1-19-12-7-8-15(20-2)13(10-12)16-14(17)4-3-9-18(16)11-5-6-11/h7-8,10-11,14,16H,3-6,9,17H2,1-2H3. The minimum Gasteiger partial charge on any atom is -0.497 e. The number of likely N-dealkylation sites (tertiary alicyclic amines) is 1. The second-order valence-electron chi connectivity index (χ2n) is 5.83. The minimum absolute atomic E-state index is 0.172. The Bertz CT molecular complexity index is 474. The molecular weight excluding hydrogens is 252 g/mol. The van der Waals surface area contributed by atoms with E-state index < -0.39 is 0 Å². The normalized spacial score (nSPS) is 27.4. The number of methoxy groups -OCH3 is 2. The van der Waals surface area contributed by atoms with E-state index >= 15 is 0 Å². The van der Waals surface area contributed by atoms with Gasteiger partial charge in [0.05, 0.1) is 20.3 Å². The highest BCUT2D eigenvalue weighted by Crippen LogP contribution is 2.42. The van der Waals surface area contributed by atoms with Gasteiger partial charge in [-0.3, -0.25) is 4.90 Å². The summed E-state index contributed by atoms with van der Waals surface area (Å²) in [6.45, 7) is 1.14. The molecule has 2 fully saturated rings. The van der Waals surface area contributed by atoms with Crippen LogP contribution in [0.25, 0.3) is 0 Å². The Morgan fingerprint density at radius 3 is 2.60 bits per heavy atom. The van der Waals surface area contributed by atoms with Gasteiger partial charge < -0.3 is 15.2 Å². The molecule has 1 aromatic carbocycles. The monoisotopic (exact) mass is 276 g/mol. The number of ether oxygens (including phenoxy) is 2.